The SMILES string of the molecule is CCCCC(CCCC(C)C(=O)O)C(=O)O. The summed E-state index contributed by atoms with van der Waals surface area (Å²) >= 11 is 0. The predicted octanol–water partition coefficient (Wildman–Crippen LogP) is 2.77. The first-order valence-electron chi connectivity index (χ1n) is 5.94. The summed E-state index contributed by atoms with van der Waals surface area (Å²) in [6.45, 7) is 3.69. The Labute approximate surface area is 96.7 Å². The maximum absolute atomic E-state index is 10.9. The number of rotatable bonds is 9. The number of carbonyl (C=O) groups is 2. The number of carboxylic acids is 2. The van der Waals surface area contributed by atoms with Crippen molar-refractivity contribution in [3.8, 4) is 0 Å². The minimum absolute atomic E-state index is 0.305. The molecule has 0 fully saturated rings. The topological polar surface area (TPSA) is 74.6 Å². The van der Waals surface area contributed by atoms with Crippen LogP contribution in [0.25, 0.3) is 0 Å². The van der Waals surface area contributed by atoms with Gasteiger partial charge in [-0.3, -0.25) is 9.59 Å². The first kappa shape index (κ1) is 14.9. The van der Waals surface area contributed by atoms with E-state index in [4.69, 9.17) is 10.2 Å². The van der Waals surface area contributed by atoms with E-state index in [1.165, 1.54) is 0 Å². The van der Waals surface area contributed by atoms with Gasteiger partial charge >= 0.3 is 11.9 Å². The van der Waals surface area contributed by atoms with E-state index in [1.807, 2.05) is 6.92 Å². The van der Waals surface area contributed by atoms with Gasteiger partial charge in [-0.05, 0) is 19.3 Å². The third-order valence-electron chi connectivity index (χ3n) is 2.87. The van der Waals surface area contributed by atoms with Crippen LogP contribution in [0.3, 0.4) is 0 Å². The molecule has 0 amide bonds. The van der Waals surface area contributed by atoms with Gasteiger partial charge < -0.3 is 10.2 Å². The fourth-order valence-corrected chi connectivity index (χ4v) is 1.64. The normalized spacial score (nSPS) is 14.4. The van der Waals surface area contributed by atoms with Crippen LogP contribution in [0.15, 0.2) is 0 Å². The molecule has 2 unspecified atom stereocenters. The van der Waals surface area contributed by atoms with Crippen molar-refractivity contribution < 1.29 is 19.8 Å². The zero-order valence-electron chi connectivity index (χ0n) is 10.1. The molecule has 0 aromatic carbocycles. The lowest BCUT2D eigenvalue weighted by Gasteiger charge is -2.12. The Morgan fingerprint density at radius 1 is 1.00 bits per heavy atom. The maximum atomic E-state index is 10.9. The van der Waals surface area contributed by atoms with Crippen molar-refractivity contribution in [2.45, 2.75) is 52.4 Å². The summed E-state index contributed by atoms with van der Waals surface area (Å²) in [7, 11) is 0. The van der Waals surface area contributed by atoms with E-state index in [2.05, 4.69) is 0 Å². The van der Waals surface area contributed by atoms with Gasteiger partial charge in [-0.1, -0.05) is 33.1 Å². The highest BCUT2D eigenvalue weighted by molar-refractivity contribution is 5.70. The summed E-state index contributed by atoms with van der Waals surface area (Å²) in [5, 5.41) is 17.6. The lowest BCUT2D eigenvalue weighted by molar-refractivity contribution is -0.142. The molecule has 4 nitrogen and oxygen atoms in total. The second-order valence-electron chi connectivity index (χ2n) is 4.35. The molecule has 0 spiro atoms. The average Bonchev–Trinajstić information content (AvgIpc) is 2.21. The molecule has 0 aliphatic carbocycles. The van der Waals surface area contributed by atoms with Crippen LogP contribution >= 0.6 is 0 Å². The summed E-state index contributed by atoms with van der Waals surface area (Å²) in [6.07, 6.45) is 4.44. The quantitative estimate of drug-likeness (QED) is 0.638. The summed E-state index contributed by atoms with van der Waals surface area (Å²) in [6, 6.07) is 0. The summed E-state index contributed by atoms with van der Waals surface area (Å²) < 4.78 is 0. The Hall–Kier alpha value is -1.06. The highest BCUT2D eigenvalue weighted by Crippen LogP contribution is 2.18. The van der Waals surface area contributed by atoms with E-state index >= 15 is 0 Å². The Kier molecular flexibility index (Phi) is 7.60. The maximum Gasteiger partial charge on any atom is 0.306 e. The monoisotopic (exact) mass is 230 g/mol. The Bertz CT molecular complexity index is 225. The van der Waals surface area contributed by atoms with E-state index in [0.717, 1.165) is 12.8 Å². The number of hydrogen-bond donors (Lipinski definition) is 2. The van der Waals surface area contributed by atoms with Gasteiger partial charge in [0.15, 0.2) is 0 Å². The van der Waals surface area contributed by atoms with Crippen molar-refractivity contribution in [2.75, 3.05) is 0 Å². The van der Waals surface area contributed by atoms with Crippen LogP contribution in [0.2, 0.25) is 0 Å². The van der Waals surface area contributed by atoms with Gasteiger partial charge in [0.2, 0.25) is 0 Å². The fraction of sp³-hybridized carbons (Fsp3) is 0.833. The van der Waals surface area contributed by atoms with Crippen LogP contribution in [0.1, 0.15) is 52.4 Å². The van der Waals surface area contributed by atoms with E-state index in [0.29, 0.717) is 25.7 Å². The number of aliphatic carboxylic acids is 2. The lowest BCUT2D eigenvalue weighted by Crippen LogP contribution is -2.15. The van der Waals surface area contributed by atoms with E-state index in [1.54, 1.807) is 6.92 Å². The molecule has 0 aromatic rings. The van der Waals surface area contributed by atoms with Gasteiger partial charge in [0, 0.05) is 0 Å². The average molecular weight is 230 g/mol. The van der Waals surface area contributed by atoms with Gasteiger partial charge in [-0.2, -0.15) is 0 Å². The molecule has 0 heterocycles. The number of hydrogen-bond acceptors (Lipinski definition) is 2. The largest absolute Gasteiger partial charge is 0.481 e. The van der Waals surface area contributed by atoms with Crippen molar-refractivity contribution in [3.63, 3.8) is 0 Å². The van der Waals surface area contributed by atoms with Crippen molar-refractivity contribution in [1.82, 2.24) is 0 Å². The Morgan fingerprint density at radius 2 is 1.56 bits per heavy atom. The van der Waals surface area contributed by atoms with E-state index in [9.17, 15) is 9.59 Å². The molecule has 4 heteroatoms. The molecule has 0 saturated heterocycles. The molecular weight excluding hydrogens is 208 g/mol. The molecular formula is C12H22O4. The predicted molar refractivity (Wildman–Crippen MR) is 61.3 cm³/mol. The molecule has 0 aliphatic heterocycles. The highest BCUT2D eigenvalue weighted by Gasteiger charge is 2.18. The van der Waals surface area contributed by atoms with E-state index in [-0.39, 0.29) is 11.8 Å². The molecule has 0 bridgehead atoms. The standard InChI is InChI=1S/C12H22O4/c1-3-4-7-10(12(15)16)8-5-6-9(2)11(13)14/h9-10H,3-8H2,1-2H3,(H,13,14)(H,15,16). The molecule has 0 saturated carbocycles. The first-order chi connectivity index (χ1) is 7.49. The second-order valence-corrected chi connectivity index (χ2v) is 4.35. The van der Waals surface area contributed by atoms with Crippen molar-refractivity contribution in [3.05, 3.63) is 0 Å². The van der Waals surface area contributed by atoms with Crippen LogP contribution in [0.4, 0.5) is 0 Å². The smallest absolute Gasteiger partial charge is 0.306 e. The van der Waals surface area contributed by atoms with Crippen LogP contribution in [-0.2, 0) is 9.59 Å². The van der Waals surface area contributed by atoms with Gasteiger partial charge in [0.05, 0.1) is 11.8 Å². The molecule has 0 rings (SSSR count). The molecule has 16 heavy (non-hydrogen) atoms. The van der Waals surface area contributed by atoms with Crippen LogP contribution < -0.4 is 0 Å². The Morgan fingerprint density at radius 3 is 2.00 bits per heavy atom. The minimum Gasteiger partial charge on any atom is -0.481 e. The molecule has 0 aliphatic rings. The third-order valence-corrected chi connectivity index (χ3v) is 2.87. The zero-order chi connectivity index (χ0) is 12.6. The van der Waals surface area contributed by atoms with Crippen molar-refractivity contribution in [2.24, 2.45) is 11.8 Å². The Balaban J connectivity index is 3.84. The zero-order valence-corrected chi connectivity index (χ0v) is 10.1. The van der Waals surface area contributed by atoms with Gasteiger partial charge in [-0.25, -0.2) is 0 Å². The molecule has 2 atom stereocenters. The van der Waals surface area contributed by atoms with Crippen molar-refractivity contribution >= 4 is 11.9 Å². The van der Waals surface area contributed by atoms with Gasteiger partial charge in [-0.15, -0.1) is 0 Å². The minimum atomic E-state index is -0.805. The summed E-state index contributed by atoms with van der Waals surface area (Å²) in [4.78, 5) is 21.5. The lowest BCUT2D eigenvalue weighted by atomic mass is 9.94. The summed E-state index contributed by atoms with van der Waals surface area (Å²) in [5.41, 5.74) is 0. The van der Waals surface area contributed by atoms with Crippen LogP contribution in [0.5, 0.6) is 0 Å². The van der Waals surface area contributed by atoms with Crippen LogP contribution in [0, 0.1) is 11.8 Å². The molecule has 0 aromatic heterocycles. The molecule has 2 N–H and O–H groups in total. The molecule has 0 radical (unpaired) electrons. The highest BCUT2D eigenvalue weighted by atomic mass is 16.4. The fourth-order valence-electron chi connectivity index (χ4n) is 1.64. The van der Waals surface area contributed by atoms with Gasteiger partial charge in [0.25, 0.3) is 0 Å². The molecule has 94 valence electrons. The van der Waals surface area contributed by atoms with E-state index < -0.39 is 11.9 Å². The van der Waals surface area contributed by atoms with Crippen LogP contribution in [-0.4, -0.2) is 22.2 Å². The second kappa shape index (κ2) is 8.13. The summed E-state index contributed by atoms with van der Waals surface area (Å²) in [5.74, 6) is -2.24. The van der Waals surface area contributed by atoms with Gasteiger partial charge in [0.1, 0.15) is 0 Å². The third kappa shape index (κ3) is 6.43. The van der Waals surface area contributed by atoms with Crippen molar-refractivity contribution in [1.29, 1.82) is 0 Å². The number of unbranched alkanes of at least 4 members (excludes halogenated alkanes) is 1. The number of carboxylic acid groups (broad SMARTS) is 2. The first-order valence-corrected chi connectivity index (χ1v) is 5.94.